The number of hydrogen-bond donors (Lipinski definition) is 2. The number of aliphatic hydroxyl groups excluding tert-OH is 2. The molecule has 2 saturated heterocycles. The van der Waals surface area contributed by atoms with Gasteiger partial charge >= 0.3 is 0 Å². The van der Waals surface area contributed by atoms with Gasteiger partial charge in [-0.05, 0) is 64.2 Å². The molecule has 0 aromatic rings. The van der Waals surface area contributed by atoms with Gasteiger partial charge < -0.3 is 15.1 Å². The van der Waals surface area contributed by atoms with Gasteiger partial charge in [-0.25, -0.2) is 0 Å². The van der Waals surface area contributed by atoms with Gasteiger partial charge in [0.25, 0.3) is 0 Å². The smallest absolute Gasteiger partial charge is 0.0769 e. The molecule has 1 aliphatic carbocycles. The Hall–Kier alpha value is -0.670. The summed E-state index contributed by atoms with van der Waals surface area (Å²) in [6, 6.07) is 3.32. The Kier molecular flexibility index (Phi) is 5.46. The molecule has 2 bridgehead atoms. The molecule has 0 amide bonds. The van der Waals surface area contributed by atoms with Crippen LogP contribution in [0.5, 0.6) is 0 Å². The molecular weight excluding hydrogens is 314 g/mol. The fourth-order valence-corrected chi connectivity index (χ4v) is 5.65. The predicted octanol–water partition coefficient (Wildman–Crippen LogP) is 1.70. The summed E-state index contributed by atoms with van der Waals surface area (Å²) < 4.78 is 0. The first-order valence-electron chi connectivity index (χ1n) is 10.0. The van der Waals surface area contributed by atoms with Crippen LogP contribution >= 0.6 is 0 Å². The van der Waals surface area contributed by atoms with Crippen molar-refractivity contribution in [3.05, 3.63) is 0 Å². The van der Waals surface area contributed by atoms with Gasteiger partial charge in [0, 0.05) is 38.3 Å². The number of rotatable bonds is 3. The fourth-order valence-electron chi connectivity index (χ4n) is 5.65. The van der Waals surface area contributed by atoms with Crippen molar-refractivity contribution in [2.45, 2.75) is 71.2 Å². The zero-order valence-corrected chi connectivity index (χ0v) is 16.2. The van der Waals surface area contributed by atoms with E-state index in [0.717, 1.165) is 39.0 Å². The van der Waals surface area contributed by atoms with Crippen LogP contribution in [0.25, 0.3) is 0 Å². The number of nitriles is 1. The molecule has 3 aliphatic rings. The molecule has 142 valence electrons. The van der Waals surface area contributed by atoms with Crippen LogP contribution in [0.4, 0.5) is 0 Å². The monoisotopic (exact) mass is 349 g/mol. The van der Waals surface area contributed by atoms with Crippen LogP contribution in [0, 0.1) is 34.5 Å². The minimum Gasteiger partial charge on any atom is -0.393 e. The van der Waals surface area contributed by atoms with Crippen LogP contribution in [0.2, 0.25) is 0 Å². The van der Waals surface area contributed by atoms with Gasteiger partial charge in [-0.3, -0.25) is 4.90 Å². The van der Waals surface area contributed by atoms with E-state index < -0.39 is 6.10 Å². The second-order valence-electron chi connectivity index (χ2n) is 9.33. The van der Waals surface area contributed by atoms with Crippen LogP contribution in [0.1, 0.15) is 47.0 Å². The zero-order chi connectivity index (χ0) is 18.4. The number of likely N-dealkylation sites (tertiary alicyclic amines) is 2. The second kappa shape index (κ2) is 7.15. The highest BCUT2D eigenvalue weighted by molar-refractivity contribution is 5.11. The van der Waals surface area contributed by atoms with Crippen molar-refractivity contribution in [1.82, 2.24) is 9.80 Å². The molecule has 3 rings (SSSR count). The van der Waals surface area contributed by atoms with Crippen LogP contribution < -0.4 is 0 Å². The Morgan fingerprint density at radius 2 is 1.68 bits per heavy atom. The lowest BCUT2D eigenvalue weighted by atomic mass is 9.65. The Balaban J connectivity index is 1.95. The molecule has 6 unspecified atom stereocenters. The maximum Gasteiger partial charge on any atom is 0.0769 e. The highest BCUT2D eigenvalue weighted by Crippen LogP contribution is 2.54. The van der Waals surface area contributed by atoms with Gasteiger partial charge in [0.05, 0.1) is 24.2 Å². The molecule has 3 fully saturated rings. The lowest BCUT2D eigenvalue weighted by molar-refractivity contribution is -0.0163. The van der Waals surface area contributed by atoms with Crippen molar-refractivity contribution >= 4 is 0 Å². The van der Waals surface area contributed by atoms with Crippen LogP contribution in [0.3, 0.4) is 0 Å². The molecule has 2 heterocycles. The fraction of sp³-hybridized carbons (Fsp3) is 0.950. The summed E-state index contributed by atoms with van der Waals surface area (Å²) in [5.74, 6) is 0.101. The SMILES string of the molecule is CC(C)N1CCC(O)C(C#N)C(C23CC(O)C(CN(C(C)C)C2)C3)C1. The standard InChI is InChI=1S/C20H35N3O2/c1-13(2)22-6-5-18(24)16(9-21)17(11-22)20-7-15(19(25)8-20)10-23(12-20)14(3)4/h13-19,24-25H,5-8,10-12H2,1-4H3. The molecule has 5 nitrogen and oxygen atoms in total. The minimum absolute atomic E-state index is 0.0501. The van der Waals surface area contributed by atoms with E-state index in [1.54, 1.807) is 0 Å². The zero-order valence-electron chi connectivity index (χ0n) is 16.2. The normalized spacial score (nSPS) is 43.4. The molecule has 5 heteroatoms. The van der Waals surface area contributed by atoms with E-state index in [0.29, 0.717) is 24.4 Å². The largest absolute Gasteiger partial charge is 0.393 e. The Morgan fingerprint density at radius 3 is 2.28 bits per heavy atom. The van der Waals surface area contributed by atoms with Crippen molar-refractivity contribution < 1.29 is 10.2 Å². The molecule has 0 aromatic heterocycles. The average molecular weight is 350 g/mol. The van der Waals surface area contributed by atoms with Gasteiger partial charge in [-0.1, -0.05) is 0 Å². The van der Waals surface area contributed by atoms with E-state index in [2.05, 4.69) is 43.6 Å². The summed E-state index contributed by atoms with van der Waals surface area (Å²) in [5.41, 5.74) is -0.0501. The van der Waals surface area contributed by atoms with E-state index in [1.165, 1.54) is 0 Å². The summed E-state index contributed by atoms with van der Waals surface area (Å²) >= 11 is 0. The topological polar surface area (TPSA) is 70.7 Å². The minimum atomic E-state index is -0.557. The molecular formula is C20H35N3O2. The van der Waals surface area contributed by atoms with Crippen molar-refractivity contribution in [3.63, 3.8) is 0 Å². The van der Waals surface area contributed by atoms with Crippen LogP contribution in [-0.4, -0.2) is 70.5 Å². The Bertz CT molecular complexity index is 514. The molecule has 0 spiro atoms. The first-order valence-corrected chi connectivity index (χ1v) is 10.0. The van der Waals surface area contributed by atoms with Crippen molar-refractivity contribution in [3.8, 4) is 6.07 Å². The van der Waals surface area contributed by atoms with Gasteiger partial charge in [-0.15, -0.1) is 0 Å². The number of fused-ring (bicyclic) bond motifs is 2. The molecule has 2 aliphatic heterocycles. The van der Waals surface area contributed by atoms with E-state index >= 15 is 0 Å². The predicted molar refractivity (Wildman–Crippen MR) is 97.8 cm³/mol. The van der Waals surface area contributed by atoms with E-state index in [1.807, 2.05) is 0 Å². The maximum absolute atomic E-state index is 10.7. The third kappa shape index (κ3) is 3.47. The molecule has 0 aromatic carbocycles. The van der Waals surface area contributed by atoms with Gasteiger partial charge in [-0.2, -0.15) is 5.26 Å². The van der Waals surface area contributed by atoms with Crippen LogP contribution in [-0.2, 0) is 0 Å². The quantitative estimate of drug-likeness (QED) is 0.811. The number of nitrogens with zero attached hydrogens (tertiary/aromatic N) is 3. The van der Waals surface area contributed by atoms with E-state index in [9.17, 15) is 15.5 Å². The summed E-state index contributed by atoms with van der Waals surface area (Å²) in [6.07, 6.45) is 1.62. The Morgan fingerprint density at radius 1 is 1.00 bits per heavy atom. The first-order chi connectivity index (χ1) is 11.8. The molecule has 1 saturated carbocycles. The van der Waals surface area contributed by atoms with E-state index in [-0.39, 0.29) is 23.4 Å². The summed E-state index contributed by atoms with van der Waals surface area (Å²) in [6.45, 7) is 12.4. The molecule has 25 heavy (non-hydrogen) atoms. The number of piperidine rings is 1. The first kappa shape index (κ1) is 19.1. The van der Waals surface area contributed by atoms with Gasteiger partial charge in [0.1, 0.15) is 0 Å². The van der Waals surface area contributed by atoms with Gasteiger partial charge in [0.2, 0.25) is 0 Å². The second-order valence-corrected chi connectivity index (χ2v) is 9.33. The molecule has 0 radical (unpaired) electrons. The number of hydrogen-bond acceptors (Lipinski definition) is 5. The van der Waals surface area contributed by atoms with Crippen molar-refractivity contribution in [2.24, 2.45) is 23.2 Å². The van der Waals surface area contributed by atoms with Crippen molar-refractivity contribution in [1.29, 1.82) is 5.26 Å². The highest BCUT2D eigenvalue weighted by Gasteiger charge is 2.57. The van der Waals surface area contributed by atoms with E-state index in [4.69, 9.17) is 0 Å². The third-order valence-corrected chi connectivity index (χ3v) is 7.20. The number of aliphatic hydroxyl groups is 2. The Labute approximate surface area is 152 Å². The maximum atomic E-state index is 10.7. The average Bonchev–Trinajstić information content (AvgIpc) is 2.70. The summed E-state index contributed by atoms with van der Waals surface area (Å²) in [5, 5.41) is 31.2. The van der Waals surface area contributed by atoms with Gasteiger partial charge in [0.15, 0.2) is 0 Å². The highest BCUT2D eigenvalue weighted by atomic mass is 16.3. The summed E-state index contributed by atoms with van der Waals surface area (Å²) in [4.78, 5) is 4.91. The van der Waals surface area contributed by atoms with Crippen LogP contribution in [0.15, 0.2) is 0 Å². The lowest BCUT2D eigenvalue weighted by Crippen LogP contribution is -2.53. The molecule has 2 N–H and O–H groups in total. The lowest BCUT2D eigenvalue weighted by Gasteiger charge is -2.48. The van der Waals surface area contributed by atoms with Crippen molar-refractivity contribution in [2.75, 3.05) is 26.2 Å². The summed E-state index contributed by atoms with van der Waals surface area (Å²) in [7, 11) is 0. The molecule has 6 atom stereocenters. The third-order valence-electron chi connectivity index (χ3n) is 7.20.